The summed E-state index contributed by atoms with van der Waals surface area (Å²) in [5.41, 5.74) is 2.06. The van der Waals surface area contributed by atoms with Crippen LogP contribution in [-0.4, -0.2) is 12.2 Å². The number of allylic oxidation sites excluding steroid dienone is 1. The first-order valence-electron chi connectivity index (χ1n) is 3.55. The summed E-state index contributed by atoms with van der Waals surface area (Å²) in [5, 5.41) is 2.89. The fourth-order valence-corrected chi connectivity index (χ4v) is 1.06. The van der Waals surface area contributed by atoms with Gasteiger partial charge >= 0.3 is 0 Å². The van der Waals surface area contributed by atoms with Gasteiger partial charge in [0.1, 0.15) is 5.70 Å². The third-order valence-corrected chi connectivity index (χ3v) is 1.62. The van der Waals surface area contributed by atoms with Crippen molar-refractivity contribution < 1.29 is 4.79 Å². The zero-order valence-corrected chi connectivity index (χ0v) is 6.24. The minimum Gasteiger partial charge on any atom is -0.343 e. The van der Waals surface area contributed by atoms with Gasteiger partial charge in [0.05, 0.1) is 17.6 Å². The molecule has 0 saturated heterocycles. The quantitative estimate of drug-likeness (QED) is 0.582. The molecule has 1 heterocycles. The van der Waals surface area contributed by atoms with Crippen molar-refractivity contribution in [3.8, 4) is 0 Å². The number of hydrogen-bond acceptors (Lipinski definition) is 3. The molecule has 0 unspecified atom stereocenters. The van der Waals surface area contributed by atoms with E-state index < -0.39 is 0 Å². The van der Waals surface area contributed by atoms with Crippen molar-refractivity contribution >= 4 is 23.5 Å². The van der Waals surface area contributed by atoms with E-state index in [9.17, 15) is 4.79 Å². The molecule has 2 rings (SSSR count). The number of carbonyl (C=O) groups excluding carboxylic acids is 1. The van der Waals surface area contributed by atoms with Gasteiger partial charge in [0.25, 0.3) is 0 Å². The second kappa shape index (κ2) is 2.64. The molecule has 0 atom stereocenters. The molecule has 1 aromatic rings. The second-order valence-corrected chi connectivity index (χ2v) is 2.42. The third kappa shape index (κ3) is 1.02. The Bertz CT molecular complexity index is 389. The minimum atomic E-state index is 0.369. The molecular weight excluding hydrogens is 152 g/mol. The van der Waals surface area contributed by atoms with Crippen LogP contribution in [0, 0.1) is 0 Å². The Morgan fingerprint density at radius 1 is 1.33 bits per heavy atom. The first-order chi connectivity index (χ1) is 5.90. The summed E-state index contributed by atoms with van der Waals surface area (Å²) in [6, 6.07) is 7.52. The van der Waals surface area contributed by atoms with E-state index in [1.165, 1.54) is 6.21 Å². The highest BCUT2D eigenvalue weighted by Gasteiger charge is 2.06. The highest BCUT2D eigenvalue weighted by atomic mass is 16.1. The van der Waals surface area contributed by atoms with Crippen LogP contribution in [0.3, 0.4) is 0 Å². The van der Waals surface area contributed by atoms with Gasteiger partial charge in [-0.15, -0.1) is 0 Å². The fraction of sp³-hybridized carbons (Fsp3) is 0. The summed E-state index contributed by atoms with van der Waals surface area (Å²) in [5.74, 6) is 1.75. The van der Waals surface area contributed by atoms with Crippen molar-refractivity contribution in [2.45, 2.75) is 0 Å². The molecular formula is C9H6N2O. The van der Waals surface area contributed by atoms with Crippen LogP contribution in [0.25, 0.3) is 0 Å². The first-order valence-corrected chi connectivity index (χ1v) is 3.55. The summed E-state index contributed by atoms with van der Waals surface area (Å²) >= 11 is 0. The molecule has 1 aliphatic heterocycles. The average Bonchev–Trinajstić information content (AvgIpc) is 2.17. The van der Waals surface area contributed by atoms with E-state index in [1.807, 2.05) is 24.3 Å². The van der Waals surface area contributed by atoms with Crippen molar-refractivity contribution in [1.29, 1.82) is 0 Å². The Kier molecular flexibility index (Phi) is 1.50. The van der Waals surface area contributed by atoms with Gasteiger partial charge in [-0.2, -0.15) is 0 Å². The van der Waals surface area contributed by atoms with E-state index >= 15 is 0 Å². The highest BCUT2D eigenvalue weighted by Crippen LogP contribution is 2.27. The average molecular weight is 158 g/mol. The second-order valence-electron chi connectivity index (χ2n) is 2.42. The maximum Gasteiger partial charge on any atom is 0.152 e. The lowest BCUT2D eigenvalue weighted by Gasteiger charge is -2.10. The Morgan fingerprint density at radius 2 is 2.17 bits per heavy atom. The topological polar surface area (TPSA) is 41.5 Å². The van der Waals surface area contributed by atoms with E-state index in [0.717, 1.165) is 11.4 Å². The number of benzene rings is 1. The Labute approximate surface area is 69.4 Å². The van der Waals surface area contributed by atoms with Crippen LogP contribution >= 0.6 is 0 Å². The molecule has 0 fully saturated rings. The van der Waals surface area contributed by atoms with Crippen molar-refractivity contribution in [3.05, 3.63) is 30.0 Å². The maximum atomic E-state index is 10.3. The monoisotopic (exact) mass is 158 g/mol. The summed E-state index contributed by atoms with van der Waals surface area (Å²) < 4.78 is 0. The lowest BCUT2D eigenvalue weighted by molar-refractivity contribution is 0.568. The fourth-order valence-electron chi connectivity index (χ4n) is 1.06. The van der Waals surface area contributed by atoms with Gasteiger partial charge in [-0.05, 0) is 12.1 Å². The van der Waals surface area contributed by atoms with Gasteiger partial charge in [-0.1, -0.05) is 12.1 Å². The number of nitrogens with one attached hydrogen (secondary N) is 1. The minimum absolute atomic E-state index is 0.369. The molecule has 0 aromatic heterocycles. The highest BCUT2D eigenvalue weighted by molar-refractivity contribution is 5.98. The van der Waals surface area contributed by atoms with Gasteiger partial charge in [-0.3, -0.25) is 4.99 Å². The van der Waals surface area contributed by atoms with Crippen LogP contribution < -0.4 is 5.32 Å². The number of hydrogen-bond donors (Lipinski definition) is 1. The molecule has 3 heteroatoms. The van der Waals surface area contributed by atoms with E-state index in [0.29, 0.717) is 5.70 Å². The van der Waals surface area contributed by atoms with Crippen LogP contribution in [0.5, 0.6) is 0 Å². The van der Waals surface area contributed by atoms with Gasteiger partial charge in [0, 0.05) is 0 Å². The number of fused-ring (bicyclic) bond motifs is 1. The van der Waals surface area contributed by atoms with Crippen molar-refractivity contribution in [2.75, 3.05) is 5.32 Å². The molecule has 0 saturated carbocycles. The van der Waals surface area contributed by atoms with E-state index in [2.05, 4.69) is 10.3 Å². The van der Waals surface area contributed by atoms with Gasteiger partial charge < -0.3 is 5.32 Å². The zero-order chi connectivity index (χ0) is 8.39. The summed E-state index contributed by atoms with van der Waals surface area (Å²) in [4.78, 5) is 14.3. The van der Waals surface area contributed by atoms with Gasteiger partial charge in [0.15, 0.2) is 5.94 Å². The number of anilines is 1. The van der Waals surface area contributed by atoms with E-state index in [4.69, 9.17) is 0 Å². The van der Waals surface area contributed by atoms with E-state index in [-0.39, 0.29) is 0 Å². The zero-order valence-electron chi connectivity index (χ0n) is 6.24. The van der Waals surface area contributed by atoms with Gasteiger partial charge in [0.2, 0.25) is 0 Å². The predicted molar refractivity (Wildman–Crippen MR) is 47.4 cm³/mol. The van der Waals surface area contributed by atoms with E-state index in [1.54, 1.807) is 5.94 Å². The molecule has 3 nitrogen and oxygen atoms in total. The molecule has 0 aliphatic carbocycles. The van der Waals surface area contributed by atoms with Crippen LogP contribution in [0.15, 0.2) is 35.0 Å². The maximum absolute atomic E-state index is 10.3. The lowest BCUT2D eigenvalue weighted by atomic mass is 10.2. The summed E-state index contributed by atoms with van der Waals surface area (Å²) in [6.45, 7) is 0. The number of para-hydroxylation sites is 2. The summed E-state index contributed by atoms with van der Waals surface area (Å²) in [6.07, 6.45) is 1.47. The molecule has 0 bridgehead atoms. The Balaban J connectivity index is 2.52. The Morgan fingerprint density at radius 3 is 3.00 bits per heavy atom. The SMILES string of the molecule is O=C=C1C=Nc2ccccc2N1. The van der Waals surface area contributed by atoms with Crippen molar-refractivity contribution in [1.82, 2.24) is 0 Å². The number of aliphatic imine (C=N–C) groups is 1. The molecule has 1 aliphatic rings. The van der Waals surface area contributed by atoms with Gasteiger partial charge in [-0.25, -0.2) is 4.79 Å². The van der Waals surface area contributed by atoms with Crippen LogP contribution in [0.1, 0.15) is 0 Å². The number of rotatable bonds is 0. The van der Waals surface area contributed by atoms with Crippen LogP contribution in [-0.2, 0) is 4.79 Å². The smallest absolute Gasteiger partial charge is 0.152 e. The molecule has 0 spiro atoms. The van der Waals surface area contributed by atoms with Crippen LogP contribution in [0.4, 0.5) is 11.4 Å². The Hall–Kier alpha value is -1.86. The first kappa shape index (κ1) is 6.83. The molecule has 58 valence electrons. The standard InChI is InChI=1S/C9H6N2O/c12-6-7-5-10-8-3-1-2-4-9(8)11-7/h1-5,11H. The number of nitrogens with zero attached hydrogens (tertiary/aromatic N) is 1. The third-order valence-electron chi connectivity index (χ3n) is 1.62. The summed E-state index contributed by atoms with van der Waals surface area (Å²) in [7, 11) is 0. The predicted octanol–water partition coefficient (Wildman–Crippen LogP) is 1.53. The lowest BCUT2D eigenvalue weighted by Crippen LogP contribution is -2.05. The molecule has 0 radical (unpaired) electrons. The normalized spacial score (nSPS) is 13.2. The van der Waals surface area contributed by atoms with Crippen molar-refractivity contribution in [2.24, 2.45) is 4.99 Å². The van der Waals surface area contributed by atoms with Crippen LogP contribution in [0.2, 0.25) is 0 Å². The molecule has 1 aromatic carbocycles. The molecule has 0 amide bonds. The molecule has 12 heavy (non-hydrogen) atoms. The van der Waals surface area contributed by atoms with Crippen molar-refractivity contribution in [3.63, 3.8) is 0 Å². The largest absolute Gasteiger partial charge is 0.343 e. The molecule has 1 N–H and O–H groups in total.